The molecule has 6 nitrogen and oxygen atoms in total. The van der Waals surface area contributed by atoms with Crippen molar-refractivity contribution in [1.82, 2.24) is 15.2 Å². The number of nitrogens with zero attached hydrogens (tertiary/aromatic N) is 3. The van der Waals surface area contributed by atoms with Crippen LogP contribution in [0.5, 0.6) is 0 Å². The van der Waals surface area contributed by atoms with Gasteiger partial charge in [-0.25, -0.2) is 0 Å². The van der Waals surface area contributed by atoms with E-state index in [-0.39, 0.29) is 17.6 Å². The second-order valence-electron chi connectivity index (χ2n) is 6.11. The Labute approximate surface area is 149 Å². The van der Waals surface area contributed by atoms with E-state index >= 15 is 0 Å². The molecule has 0 bridgehead atoms. The maximum Gasteiger partial charge on any atom is 0.276 e. The molecule has 2 aromatic heterocycles. The van der Waals surface area contributed by atoms with Crippen molar-refractivity contribution in [3.8, 4) is 11.3 Å². The SMILES string of the molecule is Cc1cc(C2CCCN2C(=O)c2cc(-c3cccc(Cl)c3)on2)on1. The highest BCUT2D eigenvalue weighted by Crippen LogP contribution is 2.34. The van der Waals surface area contributed by atoms with E-state index in [0.717, 1.165) is 24.1 Å². The van der Waals surface area contributed by atoms with Crippen molar-refractivity contribution in [3.63, 3.8) is 0 Å². The van der Waals surface area contributed by atoms with Gasteiger partial charge in [-0.3, -0.25) is 4.79 Å². The van der Waals surface area contributed by atoms with Gasteiger partial charge < -0.3 is 13.9 Å². The van der Waals surface area contributed by atoms with E-state index in [1.165, 1.54) is 0 Å². The van der Waals surface area contributed by atoms with Gasteiger partial charge in [-0.15, -0.1) is 0 Å². The first-order chi connectivity index (χ1) is 12.1. The smallest absolute Gasteiger partial charge is 0.276 e. The number of hydrogen-bond acceptors (Lipinski definition) is 5. The highest BCUT2D eigenvalue weighted by Gasteiger charge is 2.34. The van der Waals surface area contributed by atoms with Gasteiger partial charge >= 0.3 is 0 Å². The Bertz CT molecular complexity index is 918. The monoisotopic (exact) mass is 357 g/mol. The molecule has 1 saturated heterocycles. The lowest BCUT2D eigenvalue weighted by Gasteiger charge is -2.21. The Hall–Kier alpha value is -2.60. The lowest BCUT2D eigenvalue weighted by Crippen LogP contribution is -2.30. The van der Waals surface area contributed by atoms with Gasteiger partial charge in [0.15, 0.2) is 17.2 Å². The number of amides is 1. The molecule has 7 heteroatoms. The summed E-state index contributed by atoms with van der Waals surface area (Å²) in [5.41, 5.74) is 1.86. The molecule has 1 atom stereocenters. The average molecular weight is 358 g/mol. The van der Waals surface area contributed by atoms with Crippen molar-refractivity contribution in [1.29, 1.82) is 0 Å². The van der Waals surface area contributed by atoms with Gasteiger partial charge in [0.1, 0.15) is 0 Å². The van der Waals surface area contributed by atoms with E-state index in [0.29, 0.717) is 23.1 Å². The van der Waals surface area contributed by atoms with E-state index in [2.05, 4.69) is 10.3 Å². The molecule has 0 aliphatic carbocycles. The van der Waals surface area contributed by atoms with E-state index in [1.54, 1.807) is 23.1 Å². The summed E-state index contributed by atoms with van der Waals surface area (Å²) in [7, 11) is 0. The molecule has 3 heterocycles. The van der Waals surface area contributed by atoms with Gasteiger partial charge in [0.2, 0.25) is 0 Å². The molecular weight excluding hydrogens is 342 g/mol. The minimum atomic E-state index is -0.173. The molecule has 1 aliphatic rings. The highest BCUT2D eigenvalue weighted by atomic mass is 35.5. The lowest BCUT2D eigenvalue weighted by atomic mass is 10.1. The highest BCUT2D eigenvalue weighted by molar-refractivity contribution is 6.30. The van der Waals surface area contributed by atoms with Crippen LogP contribution in [0.2, 0.25) is 5.02 Å². The Kier molecular flexibility index (Phi) is 4.05. The van der Waals surface area contributed by atoms with Crippen molar-refractivity contribution in [2.45, 2.75) is 25.8 Å². The van der Waals surface area contributed by atoms with Gasteiger partial charge in [0.25, 0.3) is 5.91 Å². The number of hydrogen-bond donors (Lipinski definition) is 0. The van der Waals surface area contributed by atoms with Gasteiger partial charge in [-0.05, 0) is 31.9 Å². The molecule has 0 radical (unpaired) electrons. The number of carbonyl (C=O) groups is 1. The predicted molar refractivity (Wildman–Crippen MR) is 91.2 cm³/mol. The largest absolute Gasteiger partial charge is 0.359 e. The van der Waals surface area contributed by atoms with Crippen molar-refractivity contribution >= 4 is 17.5 Å². The molecule has 4 rings (SSSR count). The van der Waals surface area contributed by atoms with E-state index < -0.39 is 0 Å². The van der Waals surface area contributed by atoms with Crippen LogP contribution in [0.25, 0.3) is 11.3 Å². The molecule has 0 N–H and O–H groups in total. The molecule has 25 heavy (non-hydrogen) atoms. The third-order valence-electron chi connectivity index (χ3n) is 4.33. The zero-order valence-corrected chi connectivity index (χ0v) is 14.4. The molecule has 1 unspecified atom stereocenters. The summed E-state index contributed by atoms with van der Waals surface area (Å²) in [6, 6.07) is 10.6. The minimum absolute atomic E-state index is 0.111. The number of carbonyl (C=O) groups excluding carboxylic acids is 1. The van der Waals surface area contributed by atoms with Crippen LogP contribution < -0.4 is 0 Å². The second kappa shape index (κ2) is 6.37. The summed E-state index contributed by atoms with van der Waals surface area (Å²) >= 11 is 6.00. The maximum atomic E-state index is 12.9. The molecule has 3 aromatic rings. The Morgan fingerprint density at radius 2 is 2.12 bits per heavy atom. The van der Waals surface area contributed by atoms with Crippen LogP contribution >= 0.6 is 11.6 Å². The van der Waals surface area contributed by atoms with Crippen molar-refractivity contribution < 1.29 is 13.8 Å². The summed E-state index contributed by atoms with van der Waals surface area (Å²) < 4.78 is 10.7. The summed E-state index contributed by atoms with van der Waals surface area (Å²) in [6.45, 7) is 2.52. The molecule has 1 amide bonds. The van der Waals surface area contributed by atoms with Crippen molar-refractivity contribution in [2.75, 3.05) is 6.54 Å². The summed E-state index contributed by atoms with van der Waals surface area (Å²) in [4.78, 5) is 14.6. The topological polar surface area (TPSA) is 72.4 Å². The second-order valence-corrected chi connectivity index (χ2v) is 6.55. The first-order valence-corrected chi connectivity index (χ1v) is 8.46. The van der Waals surface area contributed by atoms with Crippen LogP contribution in [0.3, 0.4) is 0 Å². The molecule has 0 spiro atoms. The van der Waals surface area contributed by atoms with E-state index in [4.69, 9.17) is 20.6 Å². The van der Waals surface area contributed by atoms with Gasteiger partial charge in [-0.1, -0.05) is 34.0 Å². The van der Waals surface area contributed by atoms with Gasteiger partial charge in [0.05, 0.1) is 11.7 Å². The summed E-state index contributed by atoms with van der Waals surface area (Å²) in [6.07, 6.45) is 1.76. The molecule has 1 aromatic carbocycles. The lowest BCUT2D eigenvalue weighted by molar-refractivity contribution is 0.0704. The molecule has 128 valence electrons. The van der Waals surface area contributed by atoms with Gasteiger partial charge in [0, 0.05) is 29.3 Å². The van der Waals surface area contributed by atoms with Crippen molar-refractivity contribution in [2.24, 2.45) is 0 Å². The number of rotatable bonds is 3. The van der Waals surface area contributed by atoms with Gasteiger partial charge in [-0.2, -0.15) is 0 Å². The Balaban J connectivity index is 1.58. The quantitative estimate of drug-likeness (QED) is 0.700. The number of aryl methyl sites for hydroxylation is 1. The number of aromatic nitrogens is 2. The van der Waals surface area contributed by atoms with Crippen LogP contribution in [0.4, 0.5) is 0 Å². The van der Waals surface area contributed by atoms with Crippen LogP contribution in [-0.2, 0) is 0 Å². The molecule has 1 aliphatic heterocycles. The van der Waals surface area contributed by atoms with Crippen LogP contribution in [0, 0.1) is 6.92 Å². The van der Waals surface area contributed by atoms with Crippen LogP contribution in [-0.4, -0.2) is 27.7 Å². The Morgan fingerprint density at radius 3 is 2.88 bits per heavy atom. The number of likely N-dealkylation sites (tertiary alicyclic amines) is 1. The normalized spacial score (nSPS) is 17.2. The fraction of sp³-hybridized carbons (Fsp3) is 0.278. The first-order valence-electron chi connectivity index (χ1n) is 8.08. The van der Waals surface area contributed by atoms with E-state index in [9.17, 15) is 4.79 Å². The average Bonchev–Trinajstić information content (AvgIpc) is 3.34. The summed E-state index contributed by atoms with van der Waals surface area (Å²) in [5, 5.41) is 8.46. The third kappa shape index (κ3) is 3.05. The maximum absolute atomic E-state index is 12.9. The van der Waals surface area contributed by atoms with Crippen LogP contribution in [0.15, 0.2) is 45.4 Å². The molecular formula is C18H16ClN3O3. The molecule has 0 saturated carbocycles. The Morgan fingerprint density at radius 1 is 1.24 bits per heavy atom. The predicted octanol–water partition coefficient (Wildman–Crippen LogP) is 4.27. The van der Waals surface area contributed by atoms with Crippen LogP contribution in [0.1, 0.15) is 40.8 Å². The fourth-order valence-electron chi connectivity index (χ4n) is 3.15. The first kappa shape index (κ1) is 15.9. The fourth-order valence-corrected chi connectivity index (χ4v) is 3.34. The zero-order chi connectivity index (χ0) is 17.4. The number of halogens is 1. The zero-order valence-electron chi connectivity index (χ0n) is 13.6. The number of benzene rings is 1. The third-order valence-corrected chi connectivity index (χ3v) is 4.56. The van der Waals surface area contributed by atoms with Crippen molar-refractivity contribution in [3.05, 3.63) is 58.6 Å². The van der Waals surface area contributed by atoms with E-state index in [1.807, 2.05) is 25.1 Å². The molecule has 1 fully saturated rings. The standard InChI is InChI=1S/C18H16ClN3O3/c1-11-8-17(25-20-11)15-6-3-7-22(15)18(23)14-10-16(24-21-14)12-4-2-5-13(19)9-12/h2,4-5,8-10,15H,3,6-7H2,1H3. The minimum Gasteiger partial charge on any atom is -0.359 e. The summed E-state index contributed by atoms with van der Waals surface area (Å²) in [5.74, 6) is 1.05.